The Kier molecular flexibility index (Phi) is 33.1. The van der Waals surface area contributed by atoms with Gasteiger partial charge in [-0.15, -0.1) is 0 Å². The molecule has 0 aromatic heterocycles. The number of amides is 8. The molecule has 5 aromatic rings. The number of ketones is 2. The molecule has 28 heteroatoms. The van der Waals surface area contributed by atoms with Crippen molar-refractivity contribution >= 4 is 80.4 Å². The summed E-state index contributed by atoms with van der Waals surface area (Å²) in [5, 5.41) is 63.0. The van der Waals surface area contributed by atoms with Crippen LogP contribution in [0.15, 0.2) is 127 Å². The first-order chi connectivity index (χ1) is 50.0. The molecule has 2 saturated heterocycles. The van der Waals surface area contributed by atoms with Crippen molar-refractivity contribution in [3.63, 3.8) is 0 Å². The number of aryl methyl sites for hydroxylation is 2. The molecule has 26 nitrogen and oxygen atoms in total. The number of rotatable bonds is 27. The lowest BCUT2D eigenvalue weighted by Crippen LogP contribution is -2.61. The van der Waals surface area contributed by atoms with E-state index in [2.05, 4.69) is 53.2 Å². The number of hydrogen-bond acceptors (Lipinski definition) is 20. The normalized spacial score (nSPS) is 22.2. The highest BCUT2D eigenvalue weighted by molar-refractivity contribution is 8.76. The molecule has 13 atom stereocenters. The first-order valence-corrected chi connectivity index (χ1v) is 38.2. The number of aliphatic hydroxyl groups is 3. The monoisotopic (exact) mass is 1480 g/mol. The summed E-state index contributed by atoms with van der Waals surface area (Å²) in [5.74, 6) is -8.62. The predicted octanol–water partition coefficient (Wildman–Crippen LogP) is 2.52. The Morgan fingerprint density at radius 3 is 1.82 bits per heavy atom. The predicted molar refractivity (Wildman–Crippen MR) is 405 cm³/mol. The Hall–Kier alpha value is -8.42. The summed E-state index contributed by atoms with van der Waals surface area (Å²) in [6.45, 7) is 13.7. The smallest absolute Gasteiger partial charge is 0.244 e. The topological polar surface area (TPSA) is 407 Å². The molecule has 2 fully saturated rings. The van der Waals surface area contributed by atoms with Gasteiger partial charge in [-0.1, -0.05) is 188 Å². The molecule has 0 radical (unpaired) electrons. The summed E-state index contributed by atoms with van der Waals surface area (Å²) in [5.41, 5.74) is 19.4. The molecule has 1 unspecified atom stereocenters. The van der Waals surface area contributed by atoms with Gasteiger partial charge in [0.05, 0.1) is 24.7 Å². The van der Waals surface area contributed by atoms with Gasteiger partial charge in [0.1, 0.15) is 66.5 Å². The van der Waals surface area contributed by atoms with Crippen LogP contribution >= 0.6 is 21.6 Å². The number of Topliss-reactive ketones (excluding diaryl/α,β-unsaturated/α-hetero) is 2. The molecule has 8 amide bonds. The lowest BCUT2D eigenvalue weighted by atomic mass is 9.99. The largest absolute Gasteiger partial charge is 0.377 e. The molecule has 2 heterocycles. The Morgan fingerprint density at radius 2 is 1.22 bits per heavy atom. The van der Waals surface area contributed by atoms with Gasteiger partial charge in [0.25, 0.3) is 0 Å². The second-order valence-electron chi connectivity index (χ2n) is 28.1. The fraction of sp³-hybridized carbons (Fsp3) is 0.481. The van der Waals surface area contributed by atoms with Crippen LogP contribution in [0.2, 0.25) is 0 Å². The van der Waals surface area contributed by atoms with Crippen molar-refractivity contribution in [3.05, 3.63) is 166 Å². The van der Waals surface area contributed by atoms with Crippen LogP contribution in [0.4, 0.5) is 0 Å². The maximum Gasteiger partial charge on any atom is 0.244 e. The minimum atomic E-state index is -1.65. The van der Waals surface area contributed by atoms with Gasteiger partial charge < -0.3 is 69.3 Å². The highest BCUT2D eigenvalue weighted by Crippen LogP contribution is 2.27. The van der Waals surface area contributed by atoms with Gasteiger partial charge in [0.2, 0.25) is 47.3 Å². The van der Waals surface area contributed by atoms with E-state index < -0.39 is 151 Å². The average molecular weight is 1480 g/mol. The zero-order valence-electron chi connectivity index (χ0n) is 61.0. The minimum absolute atomic E-state index is 0.0753. The molecule has 0 spiro atoms. The van der Waals surface area contributed by atoms with E-state index in [0.29, 0.717) is 36.1 Å². The Balaban J connectivity index is 1.27. The molecule has 105 heavy (non-hydrogen) atoms. The van der Waals surface area contributed by atoms with E-state index in [4.69, 9.17) is 11.5 Å². The van der Waals surface area contributed by atoms with Gasteiger partial charge in [-0.2, -0.15) is 0 Å². The third-order valence-corrected chi connectivity index (χ3v) is 20.7. The summed E-state index contributed by atoms with van der Waals surface area (Å²) >= 11 is 0. The van der Waals surface area contributed by atoms with Gasteiger partial charge in [0.15, 0.2) is 0 Å². The number of β-amino-alcohol motifs (C(OH)–C–C–N with tert-alkyl or cyclic N) is 1. The molecule has 5 aromatic carbocycles. The van der Waals surface area contributed by atoms with Crippen LogP contribution < -0.4 is 64.6 Å². The number of nitrogens with two attached hydrogens (primary N) is 2. The number of aliphatic hydroxyl groups excluding tert-OH is 3. The molecule has 0 bridgehead atoms. The zero-order chi connectivity index (χ0) is 76.4. The van der Waals surface area contributed by atoms with Crippen LogP contribution in [0.5, 0.6) is 0 Å². The number of hydrogen-bond donors (Lipinski definition) is 15. The number of likely N-dealkylation sites (tertiary alicyclic amines) is 1. The molecule has 0 saturated carbocycles. The van der Waals surface area contributed by atoms with Gasteiger partial charge in [-0.25, -0.2) is 0 Å². The fourth-order valence-corrected chi connectivity index (χ4v) is 14.8. The molecule has 0 aliphatic carbocycles. The highest BCUT2D eigenvalue weighted by Gasteiger charge is 2.41. The van der Waals surface area contributed by atoms with Crippen LogP contribution in [-0.4, -0.2) is 183 Å². The summed E-state index contributed by atoms with van der Waals surface area (Å²) in [6, 6.07) is 25.4. The Bertz CT molecular complexity index is 3730. The van der Waals surface area contributed by atoms with Crippen LogP contribution in [0.1, 0.15) is 113 Å². The van der Waals surface area contributed by atoms with E-state index in [1.807, 2.05) is 119 Å². The molecule has 17 N–H and O–H groups in total. The van der Waals surface area contributed by atoms with Crippen molar-refractivity contribution in [2.75, 3.05) is 24.6 Å². The van der Waals surface area contributed by atoms with E-state index in [0.717, 1.165) is 55.0 Å². The highest BCUT2D eigenvalue weighted by atomic mass is 33.1. The molecule has 2 aliphatic heterocycles. The second-order valence-corrected chi connectivity index (χ2v) is 30.7. The van der Waals surface area contributed by atoms with Gasteiger partial charge in [0, 0.05) is 69.3 Å². The molecular weight excluding hydrogens is 1380 g/mol. The van der Waals surface area contributed by atoms with E-state index >= 15 is 9.59 Å². The maximum absolute atomic E-state index is 15.3. The summed E-state index contributed by atoms with van der Waals surface area (Å²) in [4.78, 5) is 147. The first kappa shape index (κ1) is 83.8. The van der Waals surface area contributed by atoms with Crippen molar-refractivity contribution in [2.45, 2.75) is 199 Å². The summed E-state index contributed by atoms with van der Waals surface area (Å²) in [6.07, 6.45) is -4.39. The third kappa shape index (κ3) is 26.8. The Labute approximate surface area is 622 Å². The molecule has 2 aliphatic rings. The number of nitrogens with zero attached hydrogens (tertiary/aromatic N) is 1. The quantitative estimate of drug-likeness (QED) is 0.0265. The van der Waals surface area contributed by atoms with Crippen LogP contribution in [0.3, 0.4) is 0 Å². The SMILES string of the molecule is CC(=O)C[C@@H]1NC(=O)[C@@H](NC(=O)[C@@H]2CCCN2[C@H](O)[C@@H](N)CC(C)C)CSSC[C@@H](C(=O)N[C@@H](Cc2ccc(-c3ccccc3)cc2)C(=O)N[C@@H](CC(C)=O)[C@@H](O)NCc2cccc(CN)c2)NC(=O)C(C(C)C)N[C@H](O)CNC(=O)[C@H](Cc2ccc(C)cc2)NC(=O)[C@H](Cc2ccc(C)cc2)NC1=O. The van der Waals surface area contributed by atoms with E-state index in [1.54, 1.807) is 55.1 Å². The standard InChI is InChI=1S/C77H105N13O13S2/c1-44(2)32-57(79)77(103)90-31-13-18-65(90)75(101)87-63-42-104-105-43-64(74(100)86-62(38-52-27-29-56(30-28-52)55-16-10-9-11-17-55)71(97)82-58(33-48(7)91)68(94)80-40-54-15-12-14-53(35-54)39-78)88-76(102)67(45(3)4)89-66(93)41-81-69(95)60(36-50-23-19-46(5)20-24-50)84-72(98)61(37-51-25-21-47(6)22-26-51)85-70(96)59(34-49(8)92)83-73(63)99/h9-12,14-17,19-30,35,44-45,57-68,77,80,89,93-94,103H,13,18,31-34,36-43,78-79H2,1-8H3,(H,81,95)(H,82,97)(H,83,99)(H,84,98)(H,85,96)(H,86,100)(H,87,101)(H,88,102)/t57-,58-,59-,60-,61-,62-,63-,64-,65-,66+,67?,68+,77+/m0/s1. The van der Waals surface area contributed by atoms with Crippen LogP contribution in [0.25, 0.3) is 11.1 Å². The number of carbonyl (C=O) groups excluding carboxylic acids is 10. The number of benzene rings is 5. The second kappa shape index (κ2) is 41.5. The lowest BCUT2D eigenvalue weighted by molar-refractivity contribution is -0.136. The van der Waals surface area contributed by atoms with E-state index in [9.17, 15) is 53.7 Å². The molecule has 7 rings (SSSR count). The third-order valence-electron chi connectivity index (χ3n) is 18.3. The van der Waals surface area contributed by atoms with Crippen LogP contribution in [-0.2, 0) is 80.3 Å². The minimum Gasteiger partial charge on any atom is -0.377 e. The van der Waals surface area contributed by atoms with Crippen molar-refractivity contribution in [3.8, 4) is 11.1 Å². The first-order valence-electron chi connectivity index (χ1n) is 35.8. The molecular formula is C77H105N13O13S2. The maximum atomic E-state index is 15.3. The summed E-state index contributed by atoms with van der Waals surface area (Å²) < 4.78 is 0. The van der Waals surface area contributed by atoms with Gasteiger partial charge in [-0.05, 0) is 97.7 Å². The number of nitrogens with one attached hydrogen (secondary N) is 10. The number of carbonyl (C=O) groups is 10. The van der Waals surface area contributed by atoms with Crippen molar-refractivity contribution in [1.29, 1.82) is 0 Å². The lowest BCUT2D eigenvalue weighted by Gasteiger charge is -2.33. The van der Waals surface area contributed by atoms with Crippen LogP contribution in [0, 0.1) is 25.7 Å². The molecule has 568 valence electrons. The fourth-order valence-electron chi connectivity index (χ4n) is 12.5. The summed E-state index contributed by atoms with van der Waals surface area (Å²) in [7, 11) is 1.97. The van der Waals surface area contributed by atoms with Crippen molar-refractivity contribution < 1.29 is 63.3 Å². The van der Waals surface area contributed by atoms with E-state index in [-0.39, 0.29) is 68.4 Å². The van der Waals surface area contributed by atoms with Crippen molar-refractivity contribution in [1.82, 2.24) is 58.1 Å². The van der Waals surface area contributed by atoms with Gasteiger partial charge >= 0.3 is 0 Å². The average Bonchev–Trinajstić information content (AvgIpc) is 1.82. The Morgan fingerprint density at radius 1 is 0.638 bits per heavy atom. The zero-order valence-corrected chi connectivity index (χ0v) is 62.7. The van der Waals surface area contributed by atoms with Gasteiger partial charge in [-0.3, -0.25) is 63.5 Å². The van der Waals surface area contributed by atoms with E-state index in [1.165, 1.54) is 13.8 Å². The van der Waals surface area contributed by atoms with Crippen molar-refractivity contribution in [2.24, 2.45) is 23.3 Å².